The third kappa shape index (κ3) is 5.38. The number of carbonyl (C=O) groups is 2. The number of rotatable bonds is 7. The van der Waals surface area contributed by atoms with Gasteiger partial charge in [0.05, 0.1) is 29.4 Å². The van der Waals surface area contributed by atoms with Crippen LogP contribution in [0.2, 0.25) is 0 Å². The molecule has 190 valence electrons. The van der Waals surface area contributed by atoms with Crippen molar-refractivity contribution in [3.63, 3.8) is 0 Å². The Labute approximate surface area is 215 Å². The first kappa shape index (κ1) is 24.6. The number of amides is 2. The molecular formula is C29H30FN5O2. The SMILES string of the molecule is CCCNC(=O)C1CCN(C(=O)c2cc(-c3ccccc3)nc3c2cnn3Cc2cccc(F)c2)CC1. The monoisotopic (exact) mass is 499 g/mol. The maximum atomic E-state index is 13.8. The number of nitrogens with zero attached hydrogens (tertiary/aromatic N) is 4. The van der Waals surface area contributed by atoms with Crippen molar-refractivity contribution in [2.75, 3.05) is 19.6 Å². The molecule has 0 aliphatic carbocycles. The van der Waals surface area contributed by atoms with Gasteiger partial charge in [-0.2, -0.15) is 5.10 Å². The van der Waals surface area contributed by atoms with E-state index < -0.39 is 0 Å². The molecule has 1 saturated heterocycles. The van der Waals surface area contributed by atoms with Gasteiger partial charge in [-0.1, -0.05) is 49.4 Å². The van der Waals surface area contributed by atoms with Crippen molar-refractivity contribution in [3.05, 3.63) is 83.8 Å². The highest BCUT2D eigenvalue weighted by atomic mass is 19.1. The summed E-state index contributed by atoms with van der Waals surface area (Å²) in [5.74, 6) is -0.399. The summed E-state index contributed by atoms with van der Waals surface area (Å²) >= 11 is 0. The van der Waals surface area contributed by atoms with Crippen molar-refractivity contribution in [3.8, 4) is 11.3 Å². The van der Waals surface area contributed by atoms with Gasteiger partial charge >= 0.3 is 0 Å². The van der Waals surface area contributed by atoms with Gasteiger partial charge in [-0.05, 0) is 43.0 Å². The minimum absolute atomic E-state index is 0.0676. The molecule has 5 rings (SSSR count). The molecule has 2 aromatic carbocycles. The van der Waals surface area contributed by atoms with Crippen LogP contribution in [0.15, 0.2) is 66.9 Å². The van der Waals surface area contributed by atoms with E-state index in [1.807, 2.05) is 54.3 Å². The van der Waals surface area contributed by atoms with E-state index in [4.69, 9.17) is 4.98 Å². The average molecular weight is 500 g/mol. The van der Waals surface area contributed by atoms with Gasteiger partial charge < -0.3 is 10.2 Å². The van der Waals surface area contributed by atoms with Gasteiger partial charge in [0.2, 0.25) is 5.91 Å². The predicted octanol–water partition coefficient (Wildman–Crippen LogP) is 4.66. The summed E-state index contributed by atoms with van der Waals surface area (Å²) in [7, 11) is 0. The van der Waals surface area contributed by atoms with Crippen molar-refractivity contribution in [2.24, 2.45) is 5.92 Å². The number of piperidine rings is 1. The summed E-state index contributed by atoms with van der Waals surface area (Å²) in [4.78, 5) is 32.8. The van der Waals surface area contributed by atoms with Crippen molar-refractivity contribution in [2.45, 2.75) is 32.7 Å². The summed E-state index contributed by atoms with van der Waals surface area (Å²) in [6.07, 6.45) is 3.84. The third-order valence-corrected chi connectivity index (χ3v) is 6.83. The first-order valence-corrected chi connectivity index (χ1v) is 12.8. The van der Waals surface area contributed by atoms with Gasteiger partial charge in [0.15, 0.2) is 5.65 Å². The van der Waals surface area contributed by atoms with Crippen LogP contribution < -0.4 is 5.32 Å². The molecule has 2 aromatic heterocycles. The fourth-order valence-corrected chi connectivity index (χ4v) is 4.81. The van der Waals surface area contributed by atoms with Gasteiger partial charge in [0.1, 0.15) is 5.82 Å². The van der Waals surface area contributed by atoms with Crippen molar-refractivity contribution in [1.29, 1.82) is 0 Å². The number of carbonyl (C=O) groups excluding carboxylic acids is 2. The molecule has 0 bridgehead atoms. The molecule has 0 saturated carbocycles. The Balaban J connectivity index is 1.46. The van der Waals surface area contributed by atoms with Gasteiger partial charge in [-0.15, -0.1) is 0 Å². The van der Waals surface area contributed by atoms with Crippen LogP contribution in [0, 0.1) is 11.7 Å². The highest BCUT2D eigenvalue weighted by molar-refractivity contribution is 6.06. The number of fused-ring (bicyclic) bond motifs is 1. The molecule has 2 amide bonds. The Morgan fingerprint density at radius 1 is 1.05 bits per heavy atom. The van der Waals surface area contributed by atoms with Crippen LogP contribution >= 0.6 is 0 Å². The lowest BCUT2D eigenvalue weighted by molar-refractivity contribution is -0.126. The number of benzene rings is 2. The van der Waals surface area contributed by atoms with E-state index in [0.29, 0.717) is 61.3 Å². The van der Waals surface area contributed by atoms with Crippen molar-refractivity contribution in [1.82, 2.24) is 25.0 Å². The lowest BCUT2D eigenvalue weighted by Gasteiger charge is -2.31. The van der Waals surface area contributed by atoms with E-state index in [1.54, 1.807) is 16.9 Å². The summed E-state index contributed by atoms with van der Waals surface area (Å²) in [5.41, 5.74) is 3.42. The summed E-state index contributed by atoms with van der Waals surface area (Å²) < 4.78 is 15.5. The van der Waals surface area contributed by atoms with Crippen LogP contribution in [0.5, 0.6) is 0 Å². The van der Waals surface area contributed by atoms with Gasteiger partial charge in [0, 0.05) is 31.1 Å². The normalized spacial score (nSPS) is 14.2. The molecule has 1 fully saturated rings. The molecule has 4 aromatic rings. The lowest BCUT2D eigenvalue weighted by Crippen LogP contribution is -2.43. The first-order valence-electron chi connectivity index (χ1n) is 12.8. The standard InChI is InChI=1S/C29H30FN5O2/c1-2-13-31-28(36)22-11-14-34(15-12-22)29(37)24-17-26(21-8-4-3-5-9-21)33-27-25(24)18-32-35(27)19-20-7-6-10-23(30)16-20/h3-10,16-18,22H,2,11-15,19H2,1H3,(H,31,36). The predicted molar refractivity (Wildman–Crippen MR) is 140 cm³/mol. The van der Waals surface area contributed by atoms with Crippen LogP contribution in [0.3, 0.4) is 0 Å². The minimum atomic E-state index is -0.311. The zero-order valence-electron chi connectivity index (χ0n) is 20.9. The average Bonchev–Trinajstić information content (AvgIpc) is 3.34. The molecule has 1 aliphatic rings. The number of pyridine rings is 1. The second-order valence-electron chi connectivity index (χ2n) is 9.45. The third-order valence-electron chi connectivity index (χ3n) is 6.83. The molecular weight excluding hydrogens is 469 g/mol. The minimum Gasteiger partial charge on any atom is -0.356 e. The lowest BCUT2D eigenvalue weighted by atomic mass is 9.95. The Hall–Kier alpha value is -4.07. The summed E-state index contributed by atoms with van der Waals surface area (Å²) in [5, 5.41) is 8.14. The second-order valence-corrected chi connectivity index (χ2v) is 9.45. The molecule has 1 aliphatic heterocycles. The molecule has 0 atom stereocenters. The number of aromatic nitrogens is 3. The van der Waals surface area contributed by atoms with E-state index in [1.165, 1.54) is 12.1 Å². The number of likely N-dealkylation sites (tertiary alicyclic amines) is 1. The van der Waals surface area contributed by atoms with Gasteiger partial charge in [-0.3, -0.25) is 9.59 Å². The summed E-state index contributed by atoms with van der Waals surface area (Å²) in [6, 6.07) is 17.9. The van der Waals surface area contributed by atoms with E-state index >= 15 is 0 Å². The summed E-state index contributed by atoms with van der Waals surface area (Å²) in [6.45, 7) is 4.07. The fourth-order valence-electron chi connectivity index (χ4n) is 4.81. The number of hydrogen-bond acceptors (Lipinski definition) is 4. The Morgan fingerprint density at radius 3 is 2.57 bits per heavy atom. The second kappa shape index (κ2) is 10.9. The van der Waals surface area contributed by atoms with Crippen molar-refractivity contribution < 1.29 is 14.0 Å². The highest BCUT2D eigenvalue weighted by Crippen LogP contribution is 2.28. The van der Waals surface area contributed by atoms with Crippen LogP contribution in [0.1, 0.15) is 42.1 Å². The van der Waals surface area contributed by atoms with Crippen LogP contribution in [-0.2, 0) is 11.3 Å². The molecule has 0 spiro atoms. The number of nitrogens with one attached hydrogen (secondary N) is 1. The molecule has 0 unspecified atom stereocenters. The molecule has 1 N–H and O–H groups in total. The van der Waals surface area contributed by atoms with Gasteiger partial charge in [0.25, 0.3) is 5.91 Å². The zero-order chi connectivity index (χ0) is 25.8. The molecule has 0 radical (unpaired) electrons. The first-order chi connectivity index (χ1) is 18.0. The van der Waals surface area contributed by atoms with E-state index in [0.717, 1.165) is 17.5 Å². The van der Waals surface area contributed by atoms with E-state index in [2.05, 4.69) is 10.4 Å². The van der Waals surface area contributed by atoms with Crippen molar-refractivity contribution >= 4 is 22.8 Å². The molecule has 7 nitrogen and oxygen atoms in total. The maximum Gasteiger partial charge on any atom is 0.254 e. The Morgan fingerprint density at radius 2 is 1.84 bits per heavy atom. The Bertz CT molecular complexity index is 1410. The zero-order valence-corrected chi connectivity index (χ0v) is 20.9. The molecule has 3 heterocycles. The molecule has 37 heavy (non-hydrogen) atoms. The Kier molecular flexibility index (Phi) is 7.25. The van der Waals surface area contributed by atoms with Crippen LogP contribution in [0.25, 0.3) is 22.3 Å². The van der Waals surface area contributed by atoms with Crippen LogP contribution in [-0.4, -0.2) is 51.1 Å². The highest BCUT2D eigenvalue weighted by Gasteiger charge is 2.29. The number of halogens is 1. The molecule has 8 heteroatoms. The fraction of sp³-hybridized carbons (Fsp3) is 0.310. The largest absolute Gasteiger partial charge is 0.356 e. The van der Waals surface area contributed by atoms with E-state index in [9.17, 15) is 14.0 Å². The van der Waals surface area contributed by atoms with Gasteiger partial charge in [-0.25, -0.2) is 14.1 Å². The quantitative estimate of drug-likeness (QED) is 0.401. The van der Waals surface area contributed by atoms with E-state index in [-0.39, 0.29) is 23.5 Å². The van der Waals surface area contributed by atoms with Crippen LogP contribution in [0.4, 0.5) is 4.39 Å². The topological polar surface area (TPSA) is 80.1 Å². The number of hydrogen-bond donors (Lipinski definition) is 1. The maximum absolute atomic E-state index is 13.8. The smallest absolute Gasteiger partial charge is 0.254 e.